The number of alkyl halides is 6. The van der Waals surface area contributed by atoms with E-state index in [0.29, 0.717) is 18.7 Å². The summed E-state index contributed by atoms with van der Waals surface area (Å²) in [5.41, 5.74) is -1.54. The largest absolute Gasteiger partial charge is 0.573 e. The lowest BCUT2D eigenvalue weighted by molar-refractivity contribution is -0.275. The second-order valence-electron chi connectivity index (χ2n) is 10.9. The quantitative estimate of drug-likeness (QED) is 0.340. The zero-order valence-electron chi connectivity index (χ0n) is 22.9. The van der Waals surface area contributed by atoms with Crippen molar-refractivity contribution in [2.75, 3.05) is 11.4 Å². The van der Waals surface area contributed by atoms with Crippen molar-refractivity contribution in [1.82, 2.24) is 15.6 Å². The first-order chi connectivity index (χ1) is 19.9. The van der Waals surface area contributed by atoms with E-state index in [1.54, 1.807) is 6.07 Å². The molecule has 3 heterocycles. The Morgan fingerprint density at radius 3 is 2.26 bits per heavy atom. The van der Waals surface area contributed by atoms with Crippen molar-refractivity contribution in [3.05, 3.63) is 47.1 Å². The molecule has 9 nitrogen and oxygen atoms in total. The molecule has 2 amide bonds. The number of fused-ring (bicyclic) bond motifs is 2. The molecule has 2 aromatic rings. The zero-order chi connectivity index (χ0) is 31.7. The number of ether oxygens (including phenoxy) is 2. The summed E-state index contributed by atoms with van der Waals surface area (Å²) in [4.78, 5) is 31.8. The van der Waals surface area contributed by atoms with Crippen molar-refractivity contribution < 1.29 is 50.5 Å². The number of carbonyl (C=O) groups excluding carboxylic acids is 2. The van der Waals surface area contributed by atoms with Gasteiger partial charge in [-0.05, 0) is 63.8 Å². The molecule has 0 aliphatic carbocycles. The van der Waals surface area contributed by atoms with Crippen LogP contribution in [0.3, 0.4) is 0 Å². The Labute approximate surface area is 247 Å². The van der Waals surface area contributed by atoms with Crippen LogP contribution in [-0.4, -0.2) is 70.8 Å². The molecular formula is C27H29ClF6N4O5. The minimum absolute atomic E-state index is 0.00903. The van der Waals surface area contributed by atoms with Crippen LogP contribution in [0.25, 0.3) is 0 Å². The van der Waals surface area contributed by atoms with E-state index in [9.17, 15) is 35.9 Å². The molecular weight excluding hydrogens is 610 g/mol. The highest BCUT2D eigenvalue weighted by Crippen LogP contribution is 2.40. The van der Waals surface area contributed by atoms with Gasteiger partial charge in [0.05, 0.1) is 12.1 Å². The number of pyridine rings is 1. The number of aliphatic hydroxyl groups excluding tert-OH is 1. The van der Waals surface area contributed by atoms with Crippen LogP contribution >= 0.6 is 11.6 Å². The van der Waals surface area contributed by atoms with Crippen LogP contribution in [0.15, 0.2) is 36.5 Å². The maximum absolute atomic E-state index is 13.2. The Bertz CT molecular complexity index is 1310. The van der Waals surface area contributed by atoms with Gasteiger partial charge in [-0.25, -0.2) is 4.98 Å². The third kappa shape index (κ3) is 8.13. The number of hydrogen-bond donors (Lipinski definition) is 3. The van der Waals surface area contributed by atoms with Crippen molar-refractivity contribution in [3.63, 3.8) is 0 Å². The van der Waals surface area contributed by atoms with Gasteiger partial charge in [0.15, 0.2) is 23.2 Å². The molecule has 2 aliphatic heterocycles. The van der Waals surface area contributed by atoms with Gasteiger partial charge in [0, 0.05) is 35.4 Å². The van der Waals surface area contributed by atoms with Crippen LogP contribution < -0.4 is 25.0 Å². The van der Waals surface area contributed by atoms with Crippen molar-refractivity contribution in [1.29, 1.82) is 0 Å². The molecule has 4 atom stereocenters. The number of anilines is 1. The number of benzene rings is 1. The van der Waals surface area contributed by atoms with Gasteiger partial charge in [0.1, 0.15) is 5.82 Å². The van der Waals surface area contributed by atoms with Crippen LogP contribution in [0.2, 0.25) is 5.02 Å². The fraction of sp³-hybridized carbons (Fsp3) is 0.519. The molecule has 0 saturated carbocycles. The Hall–Kier alpha value is -3.46. The fourth-order valence-corrected chi connectivity index (χ4v) is 5.36. The van der Waals surface area contributed by atoms with Crippen LogP contribution in [0.1, 0.15) is 49.9 Å². The van der Waals surface area contributed by atoms with E-state index in [4.69, 9.17) is 21.4 Å². The summed E-state index contributed by atoms with van der Waals surface area (Å²) in [6.45, 7) is 1.85. The first kappa shape index (κ1) is 32.5. The lowest BCUT2D eigenvalue weighted by Crippen LogP contribution is -2.55. The normalized spacial score (nSPS) is 21.3. The van der Waals surface area contributed by atoms with Gasteiger partial charge >= 0.3 is 12.5 Å². The Balaban J connectivity index is 1.35. The molecule has 16 heteroatoms. The predicted octanol–water partition coefficient (Wildman–Crippen LogP) is 4.76. The third-order valence-electron chi connectivity index (χ3n) is 7.22. The second kappa shape index (κ2) is 12.3. The first-order valence-electron chi connectivity index (χ1n) is 13.3. The number of nitrogens with one attached hydrogen (secondary N) is 2. The van der Waals surface area contributed by atoms with E-state index in [1.165, 1.54) is 38.2 Å². The van der Waals surface area contributed by atoms with Gasteiger partial charge in [-0.2, -0.15) is 13.2 Å². The number of amides is 2. The summed E-state index contributed by atoms with van der Waals surface area (Å²) < 4.78 is 85.7. The number of hydrogen-bond acceptors (Lipinski definition) is 7. The molecule has 0 spiro atoms. The minimum Gasteiger partial charge on any atom is -0.474 e. The van der Waals surface area contributed by atoms with Crippen molar-refractivity contribution in [3.8, 4) is 11.5 Å². The van der Waals surface area contributed by atoms with Crippen molar-refractivity contribution in [2.45, 2.75) is 81.9 Å². The first-order valence-corrected chi connectivity index (χ1v) is 13.6. The molecule has 43 heavy (non-hydrogen) atoms. The summed E-state index contributed by atoms with van der Waals surface area (Å²) in [6, 6.07) is 6.18. The zero-order valence-corrected chi connectivity index (χ0v) is 23.7. The molecule has 2 saturated heterocycles. The van der Waals surface area contributed by atoms with Gasteiger partial charge in [-0.1, -0.05) is 11.6 Å². The summed E-state index contributed by atoms with van der Waals surface area (Å²) in [7, 11) is 0. The molecule has 0 radical (unpaired) electrons. The Morgan fingerprint density at radius 2 is 1.70 bits per heavy atom. The second-order valence-corrected chi connectivity index (χ2v) is 11.3. The average molecular weight is 639 g/mol. The number of nitrogens with zero attached hydrogens (tertiary/aromatic N) is 2. The molecule has 2 aliphatic rings. The molecule has 2 unspecified atom stereocenters. The van der Waals surface area contributed by atoms with Gasteiger partial charge in [-0.3, -0.25) is 9.59 Å². The molecule has 3 N–H and O–H groups in total. The standard InChI is InChI=1S/C27H29ClF6N4O5/c1-25(2,42-19-7-4-15(28)9-20(19)43-27(32,33)34)24(41)37-16-10-17-5-6-18(11-16)38(17)22-8-3-14(12-35-22)23(40)36-13-21(39)26(29,30)31/h3-4,7-9,12,16-18,21,39H,5-6,10-11,13H2,1-2H3,(H,36,40)(H,37,41)/t16?,17-,18+,21?. The summed E-state index contributed by atoms with van der Waals surface area (Å²) in [5, 5.41) is 14.0. The van der Waals surface area contributed by atoms with E-state index in [-0.39, 0.29) is 34.5 Å². The summed E-state index contributed by atoms with van der Waals surface area (Å²) in [6.07, 6.45) is -8.60. The van der Waals surface area contributed by atoms with E-state index in [0.717, 1.165) is 18.9 Å². The highest BCUT2D eigenvalue weighted by molar-refractivity contribution is 6.30. The molecule has 236 valence electrons. The van der Waals surface area contributed by atoms with Crippen molar-refractivity contribution in [2.24, 2.45) is 0 Å². The number of aromatic nitrogens is 1. The number of carbonyl (C=O) groups is 2. The maximum atomic E-state index is 13.2. The third-order valence-corrected chi connectivity index (χ3v) is 7.46. The molecule has 2 bridgehead atoms. The lowest BCUT2D eigenvalue weighted by atomic mass is 9.96. The predicted molar refractivity (Wildman–Crippen MR) is 142 cm³/mol. The topological polar surface area (TPSA) is 113 Å². The number of piperidine rings is 1. The fourth-order valence-electron chi connectivity index (χ4n) is 5.20. The maximum Gasteiger partial charge on any atom is 0.573 e. The van der Waals surface area contributed by atoms with E-state index in [1.807, 2.05) is 5.32 Å². The van der Waals surface area contributed by atoms with Crippen LogP contribution in [0.5, 0.6) is 11.5 Å². The lowest BCUT2D eigenvalue weighted by Gasteiger charge is -2.40. The smallest absolute Gasteiger partial charge is 0.474 e. The van der Waals surface area contributed by atoms with Gasteiger partial charge in [0.25, 0.3) is 11.8 Å². The number of rotatable bonds is 9. The Morgan fingerprint density at radius 1 is 1.05 bits per heavy atom. The van der Waals surface area contributed by atoms with E-state index in [2.05, 4.69) is 19.9 Å². The van der Waals surface area contributed by atoms with E-state index >= 15 is 0 Å². The minimum atomic E-state index is -5.00. The van der Waals surface area contributed by atoms with Gasteiger partial charge in [0.2, 0.25) is 0 Å². The molecule has 1 aromatic carbocycles. The van der Waals surface area contributed by atoms with Gasteiger partial charge < -0.3 is 30.1 Å². The highest BCUT2D eigenvalue weighted by Gasteiger charge is 2.44. The SMILES string of the molecule is CC(C)(Oc1ccc(Cl)cc1OC(F)(F)F)C(=O)NC1C[C@H]2CC[C@@H](C1)N2c1ccc(C(=O)NCC(O)C(F)(F)F)cn1. The highest BCUT2D eigenvalue weighted by atomic mass is 35.5. The average Bonchev–Trinajstić information content (AvgIpc) is 3.17. The monoisotopic (exact) mass is 638 g/mol. The molecule has 2 fully saturated rings. The summed E-state index contributed by atoms with van der Waals surface area (Å²) >= 11 is 5.80. The van der Waals surface area contributed by atoms with Crippen LogP contribution in [-0.2, 0) is 4.79 Å². The number of aliphatic hydroxyl groups is 1. The molecule has 1 aromatic heterocycles. The van der Waals surface area contributed by atoms with Gasteiger partial charge in [-0.15, -0.1) is 13.2 Å². The van der Waals surface area contributed by atoms with Crippen LogP contribution in [0.4, 0.5) is 32.2 Å². The number of halogens is 7. The van der Waals surface area contributed by atoms with Crippen molar-refractivity contribution >= 4 is 29.2 Å². The van der Waals surface area contributed by atoms with E-state index < -0.39 is 48.4 Å². The Kier molecular flexibility index (Phi) is 9.26. The summed E-state index contributed by atoms with van der Waals surface area (Å²) in [5.74, 6) is -1.78. The molecule has 4 rings (SSSR count). The van der Waals surface area contributed by atoms with Crippen LogP contribution in [0, 0.1) is 0 Å².